The molecule has 1 aliphatic carbocycles. The first-order valence-electron chi connectivity index (χ1n) is 10.5. The van der Waals surface area contributed by atoms with Gasteiger partial charge in [-0.25, -0.2) is 17.9 Å². The topological polar surface area (TPSA) is 85.4 Å². The fraction of sp³-hybridized carbons (Fsp3) is 0.292. The van der Waals surface area contributed by atoms with E-state index in [4.69, 9.17) is 5.14 Å². The number of halogens is 1. The molecule has 0 amide bonds. The fourth-order valence-corrected chi connectivity index (χ4v) is 4.64. The molecule has 0 aliphatic heterocycles. The van der Waals surface area contributed by atoms with Crippen LogP contribution in [0.25, 0.3) is 5.69 Å². The Morgan fingerprint density at radius 2 is 1.81 bits per heavy atom. The number of Topliss-reactive ketones (excluding diaryl/α,β-unsaturated/α-hetero) is 1. The van der Waals surface area contributed by atoms with E-state index >= 15 is 0 Å². The number of carbonyl (C=O) groups excluding carboxylic acids is 1. The molecule has 0 spiro atoms. The summed E-state index contributed by atoms with van der Waals surface area (Å²) >= 11 is 0. The number of sulfonamides is 1. The average Bonchev–Trinajstić information content (AvgIpc) is 3.52. The molecule has 168 valence electrons. The van der Waals surface area contributed by atoms with Crippen LogP contribution in [-0.2, 0) is 16.6 Å². The Bertz CT molecular complexity index is 1260. The van der Waals surface area contributed by atoms with Gasteiger partial charge in [-0.1, -0.05) is 12.1 Å². The van der Waals surface area contributed by atoms with Crippen LogP contribution in [0.4, 0.5) is 4.39 Å². The zero-order valence-corrected chi connectivity index (χ0v) is 18.9. The van der Waals surface area contributed by atoms with Gasteiger partial charge in [-0.2, -0.15) is 0 Å². The number of nitrogens with zero attached hydrogens (tertiary/aromatic N) is 2. The predicted molar refractivity (Wildman–Crippen MR) is 121 cm³/mol. The number of benzene rings is 2. The standard InChI is InChI=1S/C24H26FN3O3S/c1-16-12-23(17(2)28(16)21-8-10-22(11-9-21)32(26,30)31)24(29)15-27(20-6-7-20)14-18-4-3-5-19(25)13-18/h3-5,8-13,20H,6-7,14-15H2,1-2H3,(H2,26,30,31). The highest BCUT2D eigenvalue weighted by Crippen LogP contribution is 2.29. The van der Waals surface area contributed by atoms with Crippen LogP contribution in [0.15, 0.2) is 59.5 Å². The van der Waals surface area contributed by atoms with E-state index in [9.17, 15) is 17.6 Å². The molecule has 0 radical (unpaired) electrons. The molecule has 32 heavy (non-hydrogen) atoms. The maximum Gasteiger partial charge on any atom is 0.238 e. The van der Waals surface area contributed by atoms with E-state index in [2.05, 4.69) is 4.90 Å². The molecule has 0 atom stereocenters. The Hall–Kier alpha value is -2.81. The smallest absolute Gasteiger partial charge is 0.238 e. The second-order valence-electron chi connectivity index (χ2n) is 8.35. The van der Waals surface area contributed by atoms with Crippen molar-refractivity contribution in [2.75, 3.05) is 6.54 Å². The molecule has 6 nitrogen and oxygen atoms in total. The van der Waals surface area contributed by atoms with Crippen molar-refractivity contribution in [2.24, 2.45) is 5.14 Å². The first kappa shape index (κ1) is 22.4. The number of hydrogen-bond donors (Lipinski definition) is 1. The van der Waals surface area contributed by atoms with Crippen LogP contribution in [0.3, 0.4) is 0 Å². The summed E-state index contributed by atoms with van der Waals surface area (Å²) in [6.07, 6.45) is 2.08. The van der Waals surface area contributed by atoms with Gasteiger partial charge in [0, 0.05) is 35.2 Å². The van der Waals surface area contributed by atoms with Gasteiger partial charge in [-0.3, -0.25) is 9.69 Å². The van der Waals surface area contributed by atoms with Gasteiger partial charge < -0.3 is 4.57 Å². The molecule has 1 heterocycles. The van der Waals surface area contributed by atoms with E-state index in [1.807, 2.05) is 30.5 Å². The number of carbonyl (C=O) groups is 1. The SMILES string of the molecule is Cc1cc(C(=O)CN(Cc2cccc(F)c2)C2CC2)c(C)n1-c1ccc(S(N)(=O)=O)cc1. The van der Waals surface area contributed by atoms with Crippen molar-refractivity contribution in [2.45, 2.75) is 44.2 Å². The van der Waals surface area contributed by atoms with Gasteiger partial charge in [0.1, 0.15) is 5.82 Å². The molecule has 1 aliphatic rings. The van der Waals surface area contributed by atoms with E-state index in [0.717, 1.165) is 35.5 Å². The lowest BCUT2D eigenvalue weighted by molar-refractivity contribution is 0.0918. The van der Waals surface area contributed by atoms with Crippen LogP contribution in [0.2, 0.25) is 0 Å². The Balaban J connectivity index is 1.56. The van der Waals surface area contributed by atoms with E-state index in [-0.39, 0.29) is 23.0 Å². The zero-order chi connectivity index (χ0) is 23.0. The summed E-state index contributed by atoms with van der Waals surface area (Å²) in [6.45, 7) is 4.57. The van der Waals surface area contributed by atoms with E-state index in [0.29, 0.717) is 18.2 Å². The lowest BCUT2D eigenvalue weighted by Gasteiger charge is -2.21. The quantitative estimate of drug-likeness (QED) is 0.525. The summed E-state index contributed by atoms with van der Waals surface area (Å²) in [4.78, 5) is 15.4. The van der Waals surface area contributed by atoms with Crippen LogP contribution < -0.4 is 5.14 Å². The molecular weight excluding hydrogens is 429 g/mol. The van der Waals surface area contributed by atoms with Crippen molar-refractivity contribution in [3.8, 4) is 5.69 Å². The summed E-state index contributed by atoms with van der Waals surface area (Å²) in [7, 11) is -3.77. The van der Waals surface area contributed by atoms with Crippen LogP contribution in [0.1, 0.15) is 40.2 Å². The largest absolute Gasteiger partial charge is 0.318 e. The Morgan fingerprint density at radius 3 is 2.41 bits per heavy atom. The molecule has 4 rings (SSSR count). The molecule has 1 saturated carbocycles. The van der Waals surface area contributed by atoms with Crippen LogP contribution in [-0.4, -0.2) is 36.3 Å². The van der Waals surface area contributed by atoms with Crippen LogP contribution in [0.5, 0.6) is 0 Å². The summed E-state index contributed by atoms with van der Waals surface area (Å²) in [5, 5.41) is 5.18. The average molecular weight is 456 g/mol. The minimum atomic E-state index is -3.77. The van der Waals surface area contributed by atoms with Gasteiger partial charge in [0.15, 0.2) is 5.78 Å². The molecule has 0 saturated heterocycles. The van der Waals surface area contributed by atoms with Gasteiger partial charge in [0.25, 0.3) is 0 Å². The third kappa shape index (κ3) is 4.82. The van der Waals surface area contributed by atoms with Gasteiger partial charge in [-0.15, -0.1) is 0 Å². The molecule has 0 bridgehead atoms. The number of primary sulfonamides is 1. The Kier molecular flexibility index (Phi) is 6.03. The van der Waals surface area contributed by atoms with Gasteiger partial charge >= 0.3 is 0 Å². The number of nitrogens with two attached hydrogens (primary N) is 1. The van der Waals surface area contributed by atoms with Gasteiger partial charge in [0.05, 0.1) is 11.4 Å². The molecule has 3 aromatic rings. The second kappa shape index (κ2) is 8.61. The summed E-state index contributed by atoms with van der Waals surface area (Å²) in [6, 6.07) is 15.0. The van der Waals surface area contributed by atoms with Crippen molar-refractivity contribution >= 4 is 15.8 Å². The minimum Gasteiger partial charge on any atom is -0.318 e. The van der Waals surface area contributed by atoms with E-state index in [1.165, 1.54) is 24.3 Å². The van der Waals surface area contributed by atoms with E-state index < -0.39 is 10.0 Å². The molecule has 1 fully saturated rings. The summed E-state index contributed by atoms with van der Waals surface area (Å²) < 4.78 is 38.6. The number of rotatable bonds is 8. The number of aromatic nitrogens is 1. The maximum atomic E-state index is 13.6. The number of aryl methyl sites for hydroxylation is 1. The number of ketones is 1. The summed E-state index contributed by atoms with van der Waals surface area (Å²) in [5.74, 6) is -0.268. The minimum absolute atomic E-state index is 0.00816. The van der Waals surface area contributed by atoms with Gasteiger partial charge in [0.2, 0.25) is 10.0 Å². The highest BCUT2D eigenvalue weighted by atomic mass is 32.2. The lowest BCUT2D eigenvalue weighted by atomic mass is 10.1. The van der Waals surface area contributed by atoms with Crippen molar-refractivity contribution in [3.05, 3.63) is 82.9 Å². The van der Waals surface area contributed by atoms with Gasteiger partial charge in [-0.05, 0) is 74.7 Å². The zero-order valence-electron chi connectivity index (χ0n) is 18.1. The van der Waals surface area contributed by atoms with Crippen molar-refractivity contribution in [1.29, 1.82) is 0 Å². The second-order valence-corrected chi connectivity index (χ2v) is 9.91. The molecule has 1 aromatic heterocycles. The molecule has 2 aromatic carbocycles. The van der Waals surface area contributed by atoms with Crippen LogP contribution >= 0.6 is 0 Å². The van der Waals surface area contributed by atoms with E-state index in [1.54, 1.807) is 18.2 Å². The first-order valence-corrected chi connectivity index (χ1v) is 12.0. The third-order valence-electron chi connectivity index (χ3n) is 5.84. The highest BCUT2D eigenvalue weighted by molar-refractivity contribution is 7.89. The predicted octanol–water partition coefficient (Wildman–Crippen LogP) is 3.73. The molecule has 2 N–H and O–H groups in total. The van der Waals surface area contributed by atoms with Crippen molar-refractivity contribution in [1.82, 2.24) is 9.47 Å². The fourth-order valence-electron chi connectivity index (χ4n) is 4.12. The molecule has 8 heteroatoms. The normalized spacial score (nSPS) is 14.2. The monoisotopic (exact) mass is 455 g/mol. The Morgan fingerprint density at radius 1 is 1.12 bits per heavy atom. The van der Waals surface area contributed by atoms with Crippen molar-refractivity contribution in [3.63, 3.8) is 0 Å². The lowest BCUT2D eigenvalue weighted by Crippen LogP contribution is -2.31. The Labute approximate surface area is 187 Å². The molecule has 0 unspecified atom stereocenters. The maximum absolute atomic E-state index is 13.6. The number of hydrogen-bond acceptors (Lipinski definition) is 4. The third-order valence-corrected chi connectivity index (χ3v) is 6.77. The first-order chi connectivity index (χ1) is 15.1. The highest BCUT2D eigenvalue weighted by Gasteiger charge is 2.31. The summed E-state index contributed by atoms with van der Waals surface area (Å²) in [5.41, 5.74) is 3.90. The van der Waals surface area contributed by atoms with Crippen molar-refractivity contribution < 1.29 is 17.6 Å². The molecular formula is C24H26FN3O3S. The van der Waals surface area contributed by atoms with Crippen LogP contribution in [0, 0.1) is 19.7 Å².